The number of hydrogen-bond acceptors (Lipinski definition) is 6. The number of rotatable bonds is 9. The van der Waals surface area contributed by atoms with E-state index >= 15 is 0 Å². The van der Waals surface area contributed by atoms with Crippen LogP contribution in [0.1, 0.15) is 20.8 Å². The molecule has 0 saturated carbocycles. The molecule has 19 heavy (non-hydrogen) atoms. The van der Waals surface area contributed by atoms with Gasteiger partial charge in [-0.05, 0) is 20.8 Å². The smallest absolute Gasteiger partial charge is 0.204 e. The summed E-state index contributed by atoms with van der Waals surface area (Å²) in [5.74, 6) is 2.21. The van der Waals surface area contributed by atoms with Crippen LogP contribution >= 0.6 is 0 Å². The van der Waals surface area contributed by atoms with Crippen LogP contribution < -0.4 is 15.0 Å². The lowest BCUT2D eigenvalue weighted by molar-refractivity contribution is 0.154. The first kappa shape index (κ1) is 15.5. The Labute approximate surface area is 115 Å². The molecule has 0 amide bonds. The molecular formula is C13H24N4O2. The van der Waals surface area contributed by atoms with E-state index in [-0.39, 0.29) is 0 Å². The minimum atomic E-state index is 0.675. The highest BCUT2D eigenvalue weighted by Gasteiger charge is 2.16. The molecule has 1 aromatic heterocycles. The summed E-state index contributed by atoms with van der Waals surface area (Å²) in [6.45, 7) is 9.90. The molecule has 1 aromatic rings. The van der Waals surface area contributed by atoms with E-state index < -0.39 is 0 Å². The first-order chi connectivity index (χ1) is 9.28. The lowest BCUT2D eigenvalue weighted by atomic mass is 10.4. The van der Waals surface area contributed by atoms with E-state index in [4.69, 9.17) is 9.47 Å². The Morgan fingerprint density at radius 3 is 2.63 bits per heavy atom. The zero-order chi connectivity index (χ0) is 14.1. The second-order valence-electron chi connectivity index (χ2n) is 3.89. The van der Waals surface area contributed by atoms with Crippen molar-refractivity contribution in [3.05, 3.63) is 6.33 Å². The summed E-state index contributed by atoms with van der Waals surface area (Å²) >= 11 is 0. The molecule has 0 fully saturated rings. The Bertz CT molecular complexity index is 374. The minimum absolute atomic E-state index is 0.675. The van der Waals surface area contributed by atoms with Crippen LogP contribution in [-0.2, 0) is 4.74 Å². The molecule has 0 aliphatic carbocycles. The molecule has 0 aromatic carbocycles. The SMILES string of the molecule is CCNc1ncnc(N(CC)CCOCC)c1OC. The van der Waals surface area contributed by atoms with Crippen molar-refractivity contribution in [2.45, 2.75) is 20.8 Å². The summed E-state index contributed by atoms with van der Waals surface area (Å²) < 4.78 is 10.8. The van der Waals surface area contributed by atoms with Crippen LogP contribution in [0.15, 0.2) is 6.33 Å². The van der Waals surface area contributed by atoms with Crippen LogP contribution in [0, 0.1) is 0 Å². The Kier molecular flexibility index (Phi) is 6.95. The largest absolute Gasteiger partial charge is 0.490 e. The Balaban J connectivity index is 2.91. The molecule has 1 rings (SSSR count). The predicted octanol–water partition coefficient (Wildman–Crippen LogP) is 1.78. The third-order valence-electron chi connectivity index (χ3n) is 2.72. The monoisotopic (exact) mass is 268 g/mol. The standard InChI is InChI=1S/C13H24N4O2/c1-5-14-12-11(18-4)13(16-10-15-12)17(6-2)8-9-19-7-3/h10H,5-9H2,1-4H3,(H,14,15,16). The number of anilines is 2. The zero-order valence-electron chi connectivity index (χ0n) is 12.3. The number of nitrogens with one attached hydrogen (secondary N) is 1. The predicted molar refractivity (Wildman–Crippen MR) is 77.1 cm³/mol. The Hall–Kier alpha value is -1.56. The molecule has 108 valence electrons. The summed E-state index contributed by atoms with van der Waals surface area (Å²) in [7, 11) is 1.64. The summed E-state index contributed by atoms with van der Waals surface area (Å²) in [6.07, 6.45) is 1.55. The minimum Gasteiger partial charge on any atom is -0.490 e. The first-order valence-corrected chi connectivity index (χ1v) is 6.73. The van der Waals surface area contributed by atoms with Crippen molar-refractivity contribution in [1.82, 2.24) is 9.97 Å². The highest BCUT2D eigenvalue weighted by atomic mass is 16.5. The van der Waals surface area contributed by atoms with Crippen LogP contribution in [0.2, 0.25) is 0 Å². The van der Waals surface area contributed by atoms with Crippen LogP contribution in [0.25, 0.3) is 0 Å². The fourth-order valence-corrected chi connectivity index (χ4v) is 1.80. The molecule has 0 radical (unpaired) electrons. The van der Waals surface area contributed by atoms with Crippen LogP contribution in [0.3, 0.4) is 0 Å². The van der Waals surface area contributed by atoms with Crippen molar-refractivity contribution in [3.8, 4) is 5.75 Å². The first-order valence-electron chi connectivity index (χ1n) is 6.73. The van der Waals surface area contributed by atoms with E-state index in [1.807, 2.05) is 13.8 Å². The summed E-state index contributed by atoms with van der Waals surface area (Å²) in [5.41, 5.74) is 0. The van der Waals surface area contributed by atoms with Gasteiger partial charge in [0.05, 0.1) is 13.7 Å². The van der Waals surface area contributed by atoms with Gasteiger partial charge in [0.2, 0.25) is 5.75 Å². The Morgan fingerprint density at radius 2 is 2.05 bits per heavy atom. The van der Waals surface area contributed by atoms with Crippen molar-refractivity contribution in [3.63, 3.8) is 0 Å². The molecule has 6 nitrogen and oxygen atoms in total. The van der Waals surface area contributed by atoms with Crippen LogP contribution in [0.5, 0.6) is 5.75 Å². The fourth-order valence-electron chi connectivity index (χ4n) is 1.80. The zero-order valence-corrected chi connectivity index (χ0v) is 12.3. The maximum atomic E-state index is 5.45. The lowest BCUT2D eigenvalue weighted by Gasteiger charge is -2.24. The molecule has 0 aliphatic heterocycles. The van der Waals surface area contributed by atoms with E-state index in [0.29, 0.717) is 12.4 Å². The van der Waals surface area contributed by atoms with Crippen molar-refractivity contribution in [2.24, 2.45) is 0 Å². The van der Waals surface area contributed by atoms with E-state index in [1.165, 1.54) is 0 Å². The topological polar surface area (TPSA) is 59.5 Å². The lowest BCUT2D eigenvalue weighted by Crippen LogP contribution is -2.28. The van der Waals surface area contributed by atoms with Gasteiger partial charge in [-0.1, -0.05) is 0 Å². The molecule has 0 spiro atoms. The average molecular weight is 268 g/mol. The maximum Gasteiger partial charge on any atom is 0.204 e. The van der Waals surface area contributed by atoms with Crippen molar-refractivity contribution in [2.75, 3.05) is 50.2 Å². The number of nitrogens with zero attached hydrogens (tertiary/aromatic N) is 3. The van der Waals surface area contributed by atoms with E-state index in [9.17, 15) is 0 Å². The number of hydrogen-bond donors (Lipinski definition) is 1. The second kappa shape index (κ2) is 8.53. The molecule has 0 unspecified atom stereocenters. The van der Waals surface area contributed by atoms with E-state index in [0.717, 1.165) is 37.9 Å². The van der Waals surface area contributed by atoms with Crippen molar-refractivity contribution >= 4 is 11.6 Å². The van der Waals surface area contributed by atoms with Crippen LogP contribution in [0.4, 0.5) is 11.6 Å². The molecule has 0 saturated heterocycles. The Morgan fingerprint density at radius 1 is 1.26 bits per heavy atom. The van der Waals surface area contributed by atoms with Crippen molar-refractivity contribution in [1.29, 1.82) is 0 Å². The molecule has 0 bridgehead atoms. The van der Waals surface area contributed by atoms with Crippen molar-refractivity contribution < 1.29 is 9.47 Å². The van der Waals surface area contributed by atoms with Gasteiger partial charge in [-0.2, -0.15) is 0 Å². The number of aromatic nitrogens is 2. The highest BCUT2D eigenvalue weighted by Crippen LogP contribution is 2.31. The molecule has 6 heteroatoms. The third-order valence-corrected chi connectivity index (χ3v) is 2.72. The summed E-state index contributed by atoms with van der Waals surface area (Å²) in [4.78, 5) is 10.7. The van der Waals surface area contributed by atoms with E-state index in [1.54, 1.807) is 13.4 Å². The van der Waals surface area contributed by atoms with Gasteiger partial charge in [-0.25, -0.2) is 9.97 Å². The quantitative estimate of drug-likeness (QED) is 0.689. The summed E-state index contributed by atoms with van der Waals surface area (Å²) in [5, 5.41) is 3.18. The van der Waals surface area contributed by atoms with Gasteiger partial charge in [0.25, 0.3) is 0 Å². The van der Waals surface area contributed by atoms with Gasteiger partial charge >= 0.3 is 0 Å². The van der Waals surface area contributed by atoms with Gasteiger partial charge in [0.15, 0.2) is 11.6 Å². The van der Waals surface area contributed by atoms with Gasteiger partial charge in [-0.3, -0.25) is 0 Å². The maximum absolute atomic E-state index is 5.45. The average Bonchev–Trinajstić information content (AvgIpc) is 2.44. The second-order valence-corrected chi connectivity index (χ2v) is 3.89. The van der Waals surface area contributed by atoms with Crippen LogP contribution in [-0.4, -0.2) is 49.9 Å². The molecular weight excluding hydrogens is 244 g/mol. The summed E-state index contributed by atoms with van der Waals surface area (Å²) in [6, 6.07) is 0. The van der Waals surface area contributed by atoms with E-state index in [2.05, 4.69) is 27.1 Å². The third kappa shape index (κ3) is 4.24. The van der Waals surface area contributed by atoms with Gasteiger partial charge < -0.3 is 19.7 Å². The van der Waals surface area contributed by atoms with Gasteiger partial charge in [-0.15, -0.1) is 0 Å². The fraction of sp³-hybridized carbons (Fsp3) is 0.692. The van der Waals surface area contributed by atoms with Gasteiger partial charge in [0.1, 0.15) is 6.33 Å². The normalized spacial score (nSPS) is 10.3. The molecule has 1 heterocycles. The number of likely N-dealkylation sites (N-methyl/N-ethyl adjacent to an activating group) is 1. The number of methoxy groups -OCH3 is 1. The number of ether oxygens (including phenoxy) is 2. The molecule has 1 N–H and O–H groups in total. The molecule has 0 atom stereocenters. The van der Waals surface area contributed by atoms with Gasteiger partial charge in [0, 0.05) is 26.2 Å². The molecule has 0 aliphatic rings. The highest BCUT2D eigenvalue weighted by molar-refractivity contribution is 5.64.